The molecule has 0 heterocycles. The van der Waals surface area contributed by atoms with Crippen LogP contribution in [0.2, 0.25) is 4.48 Å². The van der Waals surface area contributed by atoms with Gasteiger partial charge in [0, 0.05) is 0 Å². The van der Waals surface area contributed by atoms with Gasteiger partial charge in [0.25, 0.3) is 0 Å². The zero-order chi connectivity index (χ0) is 7.40. The van der Waals surface area contributed by atoms with Gasteiger partial charge >= 0.3 is 75.0 Å². The summed E-state index contributed by atoms with van der Waals surface area (Å²) in [5.41, 5.74) is 1.49. The average molecular weight is 327 g/mol. The van der Waals surface area contributed by atoms with Crippen LogP contribution in [0, 0.1) is 0 Å². The molecule has 1 aromatic rings. The average Bonchev–Trinajstić information content (AvgIpc) is 2.05. The second-order valence-electron chi connectivity index (χ2n) is 2.30. The van der Waals surface area contributed by atoms with Crippen molar-refractivity contribution in [1.29, 1.82) is 0 Å². The third-order valence-corrected chi connectivity index (χ3v) is 5.08. The molecule has 1 aromatic carbocycles. The van der Waals surface area contributed by atoms with E-state index in [1.807, 2.05) is 0 Å². The van der Waals surface area contributed by atoms with Gasteiger partial charge in [-0.15, -0.1) is 0 Å². The molecule has 1 rings (SSSR count). The minimum absolute atomic E-state index is 0.374. The molecule has 0 bridgehead atoms. The molecule has 10 heavy (non-hydrogen) atoms. The summed E-state index contributed by atoms with van der Waals surface area (Å²) in [7, 11) is 0. The molecule has 0 fully saturated rings. The summed E-state index contributed by atoms with van der Waals surface area (Å²) >= 11 is -0.374. The molecule has 1 heteroatoms. The molecule has 0 unspecified atom stereocenters. The number of benzene rings is 1. The SMILES string of the molecule is CCc1ccc[c]([Pb][CH3])c1. The van der Waals surface area contributed by atoms with Gasteiger partial charge in [-0.2, -0.15) is 0 Å². The van der Waals surface area contributed by atoms with Crippen LogP contribution < -0.4 is 3.12 Å². The summed E-state index contributed by atoms with van der Waals surface area (Å²) < 4.78 is 4.02. The summed E-state index contributed by atoms with van der Waals surface area (Å²) in [6.07, 6.45) is 1.18. The van der Waals surface area contributed by atoms with Crippen molar-refractivity contribution in [2.75, 3.05) is 0 Å². The second-order valence-corrected chi connectivity index (χ2v) is 6.49. The van der Waals surface area contributed by atoms with Crippen molar-refractivity contribution in [3.8, 4) is 0 Å². The summed E-state index contributed by atoms with van der Waals surface area (Å²) in [4.78, 5) is 0. The van der Waals surface area contributed by atoms with Gasteiger partial charge < -0.3 is 0 Å². The van der Waals surface area contributed by atoms with Crippen LogP contribution in [0.4, 0.5) is 0 Å². The fourth-order valence-electron chi connectivity index (χ4n) is 0.947. The number of rotatable bonds is 2. The fraction of sp³-hybridized carbons (Fsp3) is 0.333. The van der Waals surface area contributed by atoms with Crippen molar-refractivity contribution in [2.45, 2.75) is 17.8 Å². The van der Waals surface area contributed by atoms with Gasteiger partial charge in [-0.05, 0) is 0 Å². The van der Waals surface area contributed by atoms with E-state index in [-0.39, 0.29) is 24.2 Å². The van der Waals surface area contributed by atoms with Crippen LogP contribution >= 0.6 is 0 Å². The van der Waals surface area contributed by atoms with Crippen molar-refractivity contribution < 1.29 is 0 Å². The molecule has 52 valence electrons. The van der Waals surface area contributed by atoms with Crippen LogP contribution in [0.25, 0.3) is 0 Å². The molecule has 0 aliphatic rings. The fourth-order valence-corrected chi connectivity index (χ4v) is 3.25. The van der Waals surface area contributed by atoms with E-state index >= 15 is 0 Å². The Labute approximate surface area is 74.9 Å². The molecule has 2 radical (unpaired) electrons. The van der Waals surface area contributed by atoms with E-state index in [9.17, 15) is 0 Å². The van der Waals surface area contributed by atoms with Crippen LogP contribution in [-0.2, 0) is 6.42 Å². The van der Waals surface area contributed by atoms with Gasteiger partial charge in [0.05, 0.1) is 0 Å². The van der Waals surface area contributed by atoms with Crippen molar-refractivity contribution >= 4 is 27.4 Å². The predicted molar refractivity (Wildman–Crippen MR) is 47.1 cm³/mol. The van der Waals surface area contributed by atoms with Crippen molar-refractivity contribution in [3.63, 3.8) is 0 Å². The van der Waals surface area contributed by atoms with Gasteiger partial charge in [-0.25, -0.2) is 0 Å². The monoisotopic (exact) mass is 328 g/mol. The summed E-state index contributed by atoms with van der Waals surface area (Å²) in [6.45, 7) is 2.21. The van der Waals surface area contributed by atoms with E-state index in [0.717, 1.165) is 0 Å². The Balaban J connectivity index is 2.87. The van der Waals surface area contributed by atoms with E-state index < -0.39 is 0 Å². The molecule has 0 amide bonds. The molecule has 0 aromatic heterocycles. The molecular weight excluding hydrogens is 315 g/mol. The summed E-state index contributed by atoms with van der Waals surface area (Å²) in [5.74, 6) is 0. The zero-order valence-corrected chi connectivity index (χ0v) is 10.4. The van der Waals surface area contributed by atoms with Crippen LogP contribution in [0.3, 0.4) is 0 Å². The Kier molecular flexibility index (Phi) is 3.39. The van der Waals surface area contributed by atoms with Gasteiger partial charge in [0.15, 0.2) is 0 Å². The van der Waals surface area contributed by atoms with E-state index in [2.05, 4.69) is 35.7 Å². The first-order valence-electron chi connectivity index (χ1n) is 3.63. The molecular formula is C9H12Pb. The maximum absolute atomic E-state index is 2.38. The van der Waals surface area contributed by atoms with E-state index in [1.165, 1.54) is 12.0 Å². The Morgan fingerprint density at radius 3 is 2.80 bits per heavy atom. The first kappa shape index (κ1) is 8.24. The van der Waals surface area contributed by atoms with Crippen molar-refractivity contribution in [3.05, 3.63) is 29.8 Å². The number of hydrogen-bond donors (Lipinski definition) is 0. The molecule has 0 nitrogen and oxygen atoms in total. The number of hydrogen-bond acceptors (Lipinski definition) is 0. The molecule has 0 saturated heterocycles. The summed E-state index contributed by atoms with van der Waals surface area (Å²) in [6, 6.07) is 9.03. The molecule has 0 aliphatic heterocycles. The standard InChI is InChI=1S/C8H9.CH3.Pb/c1-2-8-6-4-3-5-7-8;;/h3-4,6-7H,2H2,1H3;1H3;. The summed E-state index contributed by atoms with van der Waals surface area (Å²) in [5, 5.41) is 0. The molecule has 0 N–H and O–H groups in total. The van der Waals surface area contributed by atoms with Gasteiger partial charge in [-0.1, -0.05) is 0 Å². The van der Waals surface area contributed by atoms with Crippen molar-refractivity contribution in [2.24, 2.45) is 0 Å². The third-order valence-electron chi connectivity index (χ3n) is 1.62. The molecule has 0 spiro atoms. The number of aryl methyl sites for hydroxylation is 1. The minimum atomic E-state index is -0.374. The Morgan fingerprint density at radius 2 is 2.20 bits per heavy atom. The second kappa shape index (κ2) is 4.11. The molecule has 0 atom stereocenters. The predicted octanol–water partition coefficient (Wildman–Crippen LogP) is 1.63. The van der Waals surface area contributed by atoms with Gasteiger partial charge in [0.1, 0.15) is 0 Å². The Bertz CT molecular complexity index is 186. The molecule has 0 saturated carbocycles. The normalized spacial score (nSPS) is 9.80. The Morgan fingerprint density at radius 1 is 1.40 bits per heavy atom. The van der Waals surface area contributed by atoms with Gasteiger partial charge in [0.2, 0.25) is 0 Å². The Hall–Kier alpha value is 0.142. The quantitative estimate of drug-likeness (QED) is 0.725. The van der Waals surface area contributed by atoms with E-state index in [0.29, 0.717) is 0 Å². The molecule has 0 aliphatic carbocycles. The third kappa shape index (κ3) is 2.08. The zero-order valence-electron chi connectivity index (χ0n) is 6.52. The van der Waals surface area contributed by atoms with Crippen LogP contribution in [0.1, 0.15) is 12.5 Å². The van der Waals surface area contributed by atoms with E-state index in [1.54, 1.807) is 3.12 Å². The van der Waals surface area contributed by atoms with Crippen LogP contribution in [0.5, 0.6) is 0 Å². The van der Waals surface area contributed by atoms with Crippen molar-refractivity contribution in [1.82, 2.24) is 0 Å². The van der Waals surface area contributed by atoms with E-state index in [4.69, 9.17) is 0 Å². The first-order chi connectivity index (χ1) is 4.86. The van der Waals surface area contributed by atoms with Gasteiger partial charge in [-0.3, -0.25) is 0 Å². The van der Waals surface area contributed by atoms with Crippen LogP contribution in [0.15, 0.2) is 24.3 Å². The first-order valence-corrected chi connectivity index (χ1v) is 9.46. The topological polar surface area (TPSA) is 0 Å². The van der Waals surface area contributed by atoms with Crippen LogP contribution in [-0.4, -0.2) is 24.2 Å². The maximum atomic E-state index is 2.38.